The molecule has 0 saturated heterocycles. The van der Waals surface area contributed by atoms with E-state index in [1.807, 2.05) is 0 Å². The largest absolute Gasteiger partial charge is 0.358 e. The first-order valence-corrected chi connectivity index (χ1v) is 11.7. The number of aromatic nitrogens is 2. The van der Waals surface area contributed by atoms with Crippen LogP contribution in [0.3, 0.4) is 0 Å². The zero-order valence-electron chi connectivity index (χ0n) is 13.9. The molecule has 2 aromatic rings. The number of nitrogens with zero attached hydrogens (tertiary/aromatic N) is 2. The minimum Gasteiger partial charge on any atom is -0.358 e. The van der Waals surface area contributed by atoms with Crippen LogP contribution in [0.1, 0.15) is 41.5 Å². The van der Waals surface area contributed by atoms with Crippen molar-refractivity contribution in [1.29, 1.82) is 0 Å². The lowest BCUT2D eigenvalue weighted by Crippen LogP contribution is -2.51. The summed E-state index contributed by atoms with van der Waals surface area (Å²) in [6.45, 7) is 14.1. The molecule has 0 N–H and O–H groups in total. The van der Waals surface area contributed by atoms with Gasteiger partial charge in [0.2, 0.25) is 0 Å². The Labute approximate surface area is 157 Å². The summed E-state index contributed by atoms with van der Waals surface area (Å²) in [7, 11) is -1.83. The summed E-state index contributed by atoms with van der Waals surface area (Å²) >= 11 is 14.9. The number of halogens is 3. The third-order valence-corrected chi connectivity index (χ3v) is 13.6. The van der Waals surface area contributed by atoms with Gasteiger partial charge in [-0.25, -0.2) is 4.98 Å². The second-order valence-corrected chi connectivity index (χ2v) is 14.3. The molecule has 0 atom stereocenters. The van der Waals surface area contributed by atoms with E-state index < -0.39 is 8.24 Å². The third-order valence-electron chi connectivity index (χ3n) is 4.87. The summed E-state index contributed by atoms with van der Waals surface area (Å²) in [5.41, 5.74) is 2.81. The molecular weight excluding hydrogens is 446 g/mol. The molecule has 2 heterocycles. The van der Waals surface area contributed by atoms with Crippen molar-refractivity contribution in [2.75, 3.05) is 0 Å². The zero-order chi connectivity index (χ0) is 16.8. The lowest BCUT2D eigenvalue weighted by atomic mass is 10.3. The molecule has 0 saturated carbocycles. The van der Waals surface area contributed by atoms with Crippen molar-refractivity contribution < 1.29 is 0 Å². The van der Waals surface area contributed by atoms with Crippen molar-refractivity contribution in [3.05, 3.63) is 26.0 Å². The Kier molecular flexibility index (Phi) is 5.58. The smallest absolute Gasteiger partial charge is 0.171 e. The molecule has 2 rings (SSSR count). The Balaban J connectivity index is 2.87. The highest BCUT2D eigenvalue weighted by molar-refractivity contribution is 14.1. The lowest BCUT2D eigenvalue weighted by Gasteiger charge is -2.44. The van der Waals surface area contributed by atoms with E-state index in [9.17, 15) is 0 Å². The fraction of sp³-hybridized carbons (Fsp3) is 0.562. The standard InChI is InChI=1S/C16H23Cl2IN2Si/c1-9(2)22(10(3)4,11(5)6)21-8-7-12-13(17)14(18)15(19)20-16(12)21/h7-11H,1-6H3. The van der Waals surface area contributed by atoms with Crippen LogP contribution < -0.4 is 0 Å². The fourth-order valence-electron chi connectivity index (χ4n) is 4.21. The number of hydrogen-bond donors (Lipinski definition) is 0. The molecule has 0 aliphatic rings. The van der Waals surface area contributed by atoms with Crippen LogP contribution in [-0.2, 0) is 0 Å². The first-order chi connectivity index (χ1) is 10.2. The third kappa shape index (κ3) is 2.64. The summed E-state index contributed by atoms with van der Waals surface area (Å²) in [6.07, 6.45) is 2.18. The van der Waals surface area contributed by atoms with Gasteiger partial charge in [-0.05, 0) is 51.5 Å². The van der Waals surface area contributed by atoms with Crippen molar-refractivity contribution in [3.8, 4) is 0 Å². The maximum absolute atomic E-state index is 6.46. The van der Waals surface area contributed by atoms with Gasteiger partial charge in [0.05, 0.1) is 10.0 Å². The Morgan fingerprint density at radius 1 is 1.00 bits per heavy atom. The second kappa shape index (κ2) is 6.61. The van der Waals surface area contributed by atoms with Crippen LogP contribution in [0.2, 0.25) is 26.7 Å². The van der Waals surface area contributed by atoms with E-state index >= 15 is 0 Å². The van der Waals surface area contributed by atoms with E-state index in [2.05, 4.69) is 80.6 Å². The molecule has 0 radical (unpaired) electrons. The van der Waals surface area contributed by atoms with Crippen molar-refractivity contribution >= 4 is 65.1 Å². The highest BCUT2D eigenvalue weighted by Gasteiger charge is 2.46. The van der Waals surface area contributed by atoms with Crippen LogP contribution in [0, 0.1) is 3.70 Å². The van der Waals surface area contributed by atoms with Gasteiger partial charge < -0.3 is 4.23 Å². The molecule has 0 fully saturated rings. The Bertz CT molecular complexity index is 673. The highest BCUT2D eigenvalue weighted by atomic mass is 127. The van der Waals surface area contributed by atoms with Crippen LogP contribution in [-0.4, -0.2) is 17.5 Å². The van der Waals surface area contributed by atoms with Gasteiger partial charge in [-0.1, -0.05) is 64.7 Å². The number of pyridine rings is 1. The summed E-state index contributed by atoms with van der Waals surface area (Å²) in [6, 6.07) is 2.07. The van der Waals surface area contributed by atoms with E-state index in [-0.39, 0.29) is 0 Å². The summed E-state index contributed by atoms with van der Waals surface area (Å²) < 4.78 is 3.24. The molecule has 122 valence electrons. The fourth-order valence-corrected chi connectivity index (χ4v) is 11.8. The Hall–Kier alpha value is 0.217. The predicted octanol–water partition coefficient (Wildman–Crippen LogP) is 6.97. The average Bonchev–Trinajstić information content (AvgIpc) is 2.80. The van der Waals surface area contributed by atoms with E-state index in [4.69, 9.17) is 28.2 Å². The SMILES string of the molecule is CC(C)[Si](C(C)C)(C(C)C)n1ccc2c(Cl)c(Cl)c(I)nc21. The van der Waals surface area contributed by atoms with Gasteiger partial charge in [0.25, 0.3) is 0 Å². The molecule has 2 aromatic heterocycles. The number of hydrogen-bond acceptors (Lipinski definition) is 1. The van der Waals surface area contributed by atoms with Crippen LogP contribution in [0.15, 0.2) is 12.3 Å². The highest BCUT2D eigenvalue weighted by Crippen LogP contribution is 2.45. The van der Waals surface area contributed by atoms with Gasteiger partial charge in [-0.3, -0.25) is 0 Å². The van der Waals surface area contributed by atoms with Gasteiger partial charge in [-0.2, -0.15) is 0 Å². The monoisotopic (exact) mass is 468 g/mol. The molecule has 0 aromatic carbocycles. The van der Waals surface area contributed by atoms with E-state index in [1.165, 1.54) is 0 Å². The molecule has 6 heteroatoms. The van der Waals surface area contributed by atoms with Crippen LogP contribution >= 0.6 is 45.8 Å². The van der Waals surface area contributed by atoms with Gasteiger partial charge in [0, 0.05) is 5.39 Å². The van der Waals surface area contributed by atoms with Gasteiger partial charge in [-0.15, -0.1) is 0 Å². The lowest BCUT2D eigenvalue weighted by molar-refractivity contribution is 0.770. The van der Waals surface area contributed by atoms with Crippen molar-refractivity contribution in [3.63, 3.8) is 0 Å². The average molecular weight is 469 g/mol. The maximum atomic E-state index is 6.46. The van der Waals surface area contributed by atoms with Crippen molar-refractivity contribution in [2.24, 2.45) is 0 Å². The molecule has 22 heavy (non-hydrogen) atoms. The minimum atomic E-state index is -1.83. The van der Waals surface area contributed by atoms with Crippen molar-refractivity contribution in [1.82, 2.24) is 9.22 Å². The first kappa shape index (κ1) is 18.6. The predicted molar refractivity (Wildman–Crippen MR) is 109 cm³/mol. The Morgan fingerprint density at radius 3 is 1.95 bits per heavy atom. The number of rotatable bonds is 4. The Morgan fingerprint density at radius 2 is 1.50 bits per heavy atom. The van der Waals surface area contributed by atoms with Gasteiger partial charge in [0.1, 0.15) is 9.35 Å². The first-order valence-electron chi connectivity index (χ1n) is 7.67. The van der Waals surface area contributed by atoms with Crippen molar-refractivity contribution in [2.45, 2.75) is 58.2 Å². The summed E-state index contributed by atoms with van der Waals surface area (Å²) in [5.74, 6) is 0. The second-order valence-electron chi connectivity index (χ2n) is 6.80. The molecular formula is C16H23Cl2IN2Si. The molecule has 0 unspecified atom stereocenters. The normalized spacial score (nSPS) is 13.1. The van der Waals surface area contributed by atoms with Gasteiger partial charge in [0.15, 0.2) is 8.24 Å². The molecule has 0 aliphatic heterocycles. The quantitative estimate of drug-likeness (QED) is 0.269. The molecule has 0 aliphatic carbocycles. The minimum absolute atomic E-state index is 0.554. The van der Waals surface area contributed by atoms with Crippen LogP contribution in [0.25, 0.3) is 11.0 Å². The zero-order valence-corrected chi connectivity index (χ0v) is 18.6. The van der Waals surface area contributed by atoms with E-state index in [0.717, 1.165) is 14.7 Å². The molecule has 2 nitrogen and oxygen atoms in total. The topological polar surface area (TPSA) is 17.8 Å². The van der Waals surface area contributed by atoms with Gasteiger partial charge >= 0.3 is 0 Å². The van der Waals surface area contributed by atoms with Crippen LogP contribution in [0.5, 0.6) is 0 Å². The molecule has 0 spiro atoms. The summed E-state index contributed by atoms with van der Waals surface area (Å²) in [5, 5.41) is 2.14. The van der Waals surface area contributed by atoms with Crippen LogP contribution in [0.4, 0.5) is 0 Å². The number of fused-ring (bicyclic) bond motifs is 1. The summed E-state index contributed by atoms with van der Waals surface area (Å²) in [4.78, 5) is 4.78. The van der Waals surface area contributed by atoms with E-state index in [0.29, 0.717) is 26.7 Å². The molecule has 0 bridgehead atoms. The maximum Gasteiger partial charge on any atom is 0.171 e. The van der Waals surface area contributed by atoms with E-state index in [1.54, 1.807) is 0 Å². The molecule has 0 amide bonds.